The van der Waals surface area contributed by atoms with Gasteiger partial charge in [-0.05, 0) is 19.3 Å². The molecular weight excluding hydrogens is 276 g/mol. The van der Waals surface area contributed by atoms with E-state index in [9.17, 15) is 19.5 Å². The lowest BCUT2D eigenvalue weighted by molar-refractivity contribution is -0.157. The number of nitriles is 1. The van der Waals surface area contributed by atoms with E-state index in [1.165, 1.54) is 11.8 Å². The summed E-state index contributed by atoms with van der Waals surface area (Å²) in [4.78, 5) is 36.3. The van der Waals surface area contributed by atoms with Gasteiger partial charge >= 0.3 is 5.97 Å². The van der Waals surface area contributed by atoms with Crippen LogP contribution in [-0.2, 0) is 14.4 Å². The van der Waals surface area contributed by atoms with Crippen LogP contribution in [0.5, 0.6) is 0 Å². The van der Waals surface area contributed by atoms with Crippen molar-refractivity contribution in [2.75, 3.05) is 13.1 Å². The minimum absolute atomic E-state index is 0.0428. The van der Waals surface area contributed by atoms with Gasteiger partial charge in [-0.15, -0.1) is 0 Å². The largest absolute Gasteiger partial charge is 0.480 e. The van der Waals surface area contributed by atoms with Crippen LogP contribution in [0.4, 0.5) is 0 Å². The molecule has 0 radical (unpaired) electrons. The van der Waals surface area contributed by atoms with Crippen LogP contribution in [0.1, 0.15) is 26.2 Å². The van der Waals surface area contributed by atoms with Crippen molar-refractivity contribution in [3.8, 4) is 6.07 Å². The van der Waals surface area contributed by atoms with Gasteiger partial charge in [-0.3, -0.25) is 19.3 Å². The quantitative estimate of drug-likeness (QED) is 0.515. The Morgan fingerprint density at radius 1 is 1.38 bits per heavy atom. The second-order valence-electron chi connectivity index (χ2n) is 5.41. The molecule has 1 rings (SSSR count). The lowest BCUT2D eigenvalue weighted by atomic mass is 9.76. The van der Waals surface area contributed by atoms with Crippen molar-refractivity contribution < 1.29 is 19.5 Å². The molecule has 0 saturated carbocycles. The van der Waals surface area contributed by atoms with E-state index in [2.05, 4.69) is 0 Å². The number of nitrogens with two attached hydrogens (primary N) is 2. The fraction of sp³-hybridized carbons (Fsp3) is 0.692. The topological polar surface area (TPSA) is 151 Å². The van der Waals surface area contributed by atoms with Crippen LogP contribution in [0.3, 0.4) is 0 Å². The van der Waals surface area contributed by atoms with Crippen molar-refractivity contribution in [3.63, 3.8) is 0 Å². The highest BCUT2D eigenvalue weighted by Crippen LogP contribution is 2.39. The van der Waals surface area contributed by atoms with Gasteiger partial charge in [0.1, 0.15) is 5.54 Å². The zero-order chi connectivity index (χ0) is 16.2. The Labute approximate surface area is 122 Å². The molecule has 5 N–H and O–H groups in total. The first kappa shape index (κ1) is 16.9. The summed E-state index contributed by atoms with van der Waals surface area (Å²) in [5.74, 6) is -4.37. The Morgan fingerprint density at radius 2 is 2.00 bits per heavy atom. The van der Waals surface area contributed by atoms with E-state index in [-0.39, 0.29) is 19.4 Å². The van der Waals surface area contributed by atoms with Crippen LogP contribution < -0.4 is 11.5 Å². The second kappa shape index (κ2) is 6.54. The molecule has 0 aromatic rings. The minimum atomic E-state index is -1.54. The van der Waals surface area contributed by atoms with Gasteiger partial charge in [0.05, 0.1) is 18.5 Å². The highest BCUT2D eigenvalue weighted by atomic mass is 16.4. The number of carbonyl (C=O) groups excluding carboxylic acids is 2. The molecule has 8 heteroatoms. The number of nitrogens with zero attached hydrogens (tertiary/aromatic N) is 2. The van der Waals surface area contributed by atoms with E-state index in [1.807, 2.05) is 6.07 Å². The maximum absolute atomic E-state index is 11.8. The van der Waals surface area contributed by atoms with Crippen LogP contribution >= 0.6 is 0 Å². The van der Waals surface area contributed by atoms with Crippen LogP contribution in [-0.4, -0.2) is 46.4 Å². The predicted molar refractivity (Wildman–Crippen MR) is 72.4 cm³/mol. The molecule has 1 saturated heterocycles. The van der Waals surface area contributed by atoms with Crippen LogP contribution in [0, 0.1) is 23.2 Å². The first-order valence-electron chi connectivity index (χ1n) is 6.71. The molecule has 116 valence electrons. The first-order valence-corrected chi connectivity index (χ1v) is 6.71. The first-order chi connectivity index (χ1) is 9.77. The van der Waals surface area contributed by atoms with Crippen molar-refractivity contribution in [3.05, 3.63) is 0 Å². The van der Waals surface area contributed by atoms with Crippen LogP contribution in [0.15, 0.2) is 0 Å². The fourth-order valence-electron chi connectivity index (χ4n) is 3.00. The van der Waals surface area contributed by atoms with E-state index < -0.39 is 35.2 Å². The van der Waals surface area contributed by atoms with Crippen molar-refractivity contribution in [2.45, 2.75) is 31.7 Å². The van der Waals surface area contributed by atoms with Gasteiger partial charge in [-0.1, -0.05) is 6.92 Å². The Morgan fingerprint density at radius 3 is 2.43 bits per heavy atom. The number of hydrogen-bond acceptors (Lipinski definition) is 5. The zero-order valence-corrected chi connectivity index (χ0v) is 11.9. The molecule has 8 nitrogen and oxygen atoms in total. The van der Waals surface area contributed by atoms with Gasteiger partial charge in [-0.2, -0.15) is 5.26 Å². The highest BCUT2D eigenvalue weighted by molar-refractivity contribution is 5.90. The van der Waals surface area contributed by atoms with Gasteiger partial charge in [0.15, 0.2) is 0 Å². The molecule has 1 aliphatic rings. The van der Waals surface area contributed by atoms with Gasteiger partial charge in [0.25, 0.3) is 0 Å². The van der Waals surface area contributed by atoms with Crippen LogP contribution in [0.2, 0.25) is 0 Å². The van der Waals surface area contributed by atoms with E-state index in [4.69, 9.17) is 16.7 Å². The molecule has 0 aromatic heterocycles. The summed E-state index contributed by atoms with van der Waals surface area (Å²) < 4.78 is 0. The number of rotatable bonds is 7. The Kier molecular flexibility index (Phi) is 5.27. The third-order valence-corrected chi connectivity index (χ3v) is 4.18. The number of hydrogen-bond donors (Lipinski definition) is 3. The summed E-state index contributed by atoms with van der Waals surface area (Å²) in [5, 5.41) is 18.5. The standard InChI is InChI=1S/C13H20N4O4/c1-8(10(15)18)7-9(11(16)19)13(12(20)21)3-2-5-17(13)6-4-14/h8-9H,2-3,5-7H2,1H3,(H2,15,18)(H2,16,19)(H,20,21). The molecule has 3 unspecified atom stereocenters. The van der Waals surface area contributed by atoms with Crippen LogP contribution in [0.25, 0.3) is 0 Å². The van der Waals surface area contributed by atoms with E-state index in [1.54, 1.807) is 0 Å². The number of aliphatic carboxylic acids is 1. The van der Waals surface area contributed by atoms with E-state index >= 15 is 0 Å². The monoisotopic (exact) mass is 296 g/mol. The molecule has 1 aliphatic heterocycles. The summed E-state index contributed by atoms with van der Waals surface area (Å²) in [6.07, 6.45) is 0.713. The Bertz CT molecular complexity index is 487. The van der Waals surface area contributed by atoms with E-state index in [0.717, 1.165) is 0 Å². The van der Waals surface area contributed by atoms with Gasteiger partial charge in [0, 0.05) is 12.5 Å². The van der Waals surface area contributed by atoms with Crippen molar-refractivity contribution in [1.82, 2.24) is 4.90 Å². The number of carboxylic acid groups (broad SMARTS) is 1. The van der Waals surface area contributed by atoms with Gasteiger partial charge in [-0.25, -0.2) is 0 Å². The number of likely N-dealkylation sites (tertiary alicyclic amines) is 1. The van der Waals surface area contributed by atoms with Gasteiger partial charge in [0.2, 0.25) is 11.8 Å². The third kappa shape index (κ3) is 3.13. The van der Waals surface area contributed by atoms with Crippen molar-refractivity contribution in [2.24, 2.45) is 23.3 Å². The number of primary amides is 2. The second-order valence-corrected chi connectivity index (χ2v) is 5.41. The maximum atomic E-state index is 11.8. The smallest absolute Gasteiger partial charge is 0.324 e. The molecule has 0 spiro atoms. The molecule has 0 aromatic carbocycles. The average Bonchev–Trinajstić information content (AvgIpc) is 2.80. The van der Waals surface area contributed by atoms with Crippen molar-refractivity contribution in [1.29, 1.82) is 5.26 Å². The fourth-order valence-corrected chi connectivity index (χ4v) is 3.00. The molecular formula is C13H20N4O4. The predicted octanol–water partition coefficient (Wildman–Crippen LogP) is -0.958. The molecule has 0 aliphatic carbocycles. The summed E-state index contributed by atoms with van der Waals surface area (Å²) in [6.45, 7) is 1.81. The molecule has 1 heterocycles. The zero-order valence-electron chi connectivity index (χ0n) is 11.9. The minimum Gasteiger partial charge on any atom is -0.480 e. The summed E-state index contributed by atoms with van der Waals surface area (Å²) in [6, 6.07) is 1.91. The SMILES string of the molecule is CC(CC(C(N)=O)C1(C(=O)O)CCCN1CC#N)C(N)=O. The van der Waals surface area contributed by atoms with E-state index in [0.29, 0.717) is 13.0 Å². The molecule has 0 bridgehead atoms. The lowest BCUT2D eigenvalue weighted by Crippen LogP contribution is -2.60. The van der Waals surface area contributed by atoms with Crippen molar-refractivity contribution >= 4 is 17.8 Å². The average molecular weight is 296 g/mol. The lowest BCUT2D eigenvalue weighted by Gasteiger charge is -2.39. The Balaban J connectivity index is 3.21. The normalized spacial score (nSPS) is 25.0. The highest BCUT2D eigenvalue weighted by Gasteiger charge is 2.55. The third-order valence-electron chi connectivity index (χ3n) is 4.18. The summed E-state index contributed by atoms with van der Waals surface area (Å²) >= 11 is 0. The summed E-state index contributed by atoms with van der Waals surface area (Å²) in [5.41, 5.74) is 9.04. The molecule has 2 amide bonds. The summed E-state index contributed by atoms with van der Waals surface area (Å²) in [7, 11) is 0. The van der Waals surface area contributed by atoms with Gasteiger partial charge < -0.3 is 16.6 Å². The maximum Gasteiger partial charge on any atom is 0.324 e. The number of carboxylic acids is 1. The number of carbonyl (C=O) groups is 3. The Hall–Kier alpha value is -2.14. The number of amides is 2. The molecule has 1 fully saturated rings. The molecule has 21 heavy (non-hydrogen) atoms. The molecule has 3 atom stereocenters.